The highest BCUT2D eigenvalue weighted by atomic mass is 35.5. The first-order valence-corrected chi connectivity index (χ1v) is 4.07. The molecule has 0 bridgehead atoms. The van der Waals surface area contributed by atoms with Gasteiger partial charge in [-0.3, -0.25) is 4.79 Å². The van der Waals surface area contributed by atoms with E-state index in [0.717, 1.165) is 6.42 Å². The average molecular weight is 181 g/mol. The third kappa shape index (κ3) is 3.35. The van der Waals surface area contributed by atoms with Crippen LogP contribution in [0.4, 0.5) is 0 Å². The molecule has 0 aliphatic rings. The second-order valence-corrected chi connectivity index (χ2v) is 2.77. The van der Waals surface area contributed by atoms with Crippen molar-refractivity contribution in [2.45, 2.75) is 6.42 Å². The summed E-state index contributed by atoms with van der Waals surface area (Å²) >= 11 is 5.12. The Morgan fingerprint density at radius 3 is 2.58 bits per heavy atom. The van der Waals surface area contributed by atoms with Crippen LogP contribution >= 0.6 is 11.6 Å². The fourth-order valence-electron chi connectivity index (χ4n) is 0.902. The number of carbonyl (C=O) groups excluding carboxylic acids is 1. The zero-order valence-electron chi connectivity index (χ0n) is 6.53. The minimum absolute atomic E-state index is 0.425. The zero-order chi connectivity index (χ0) is 8.81. The molecule has 0 aliphatic heterocycles. The maximum atomic E-state index is 10.3. The summed E-state index contributed by atoms with van der Waals surface area (Å²) in [6.45, 7) is 0. The molecule has 0 aromatic heterocycles. The molecule has 12 heavy (non-hydrogen) atoms. The lowest BCUT2D eigenvalue weighted by molar-refractivity contribution is -0.107. The summed E-state index contributed by atoms with van der Waals surface area (Å²) in [5, 5.41) is -0.425. The zero-order valence-corrected chi connectivity index (χ0v) is 7.29. The van der Waals surface area contributed by atoms with Gasteiger partial charge in [-0.1, -0.05) is 36.4 Å². The number of rotatable bonds is 3. The highest BCUT2D eigenvalue weighted by Gasteiger charge is 1.87. The van der Waals surface area contributed by atoms with Crippen molar-refractivity contribution in [2.75, 3.05) is 0 Å². The molecule has 62 valence electrons. The van der Waals surface area contributed by atoms with Crippen molar-refractivity contribution in [1.29, 1.82) is 0 Å². The molecule has 0 amide bonds. The fraction of sp³-hybridized carbons (Fsp3) is 0.100. The molecule has 1 nitrogen and oxygen atoms in total. The first kappa shape index (κ1) is 9.01. The monoisotopic (exact) mass is 180 g/mol. The van der Waals surface area contributed by atoms with Crippen molar-refractivity contribution in [3.8, 4) is 0 Å². The van der Waals surface area contributed by atoms with Crippen molar-refractivity contribution in [3.63, 3.8) is 0 Å². The molecule has 0 saturated carbocycles. The van der Waals surface area contributed by atoms with Crippen molar-refractivity contribution < 1.29 is 4.79 Å². The van der Waals surface area contributed by atoms with Gasteiger partial charge in [-0.05, 0) is 29.7 Å². The molecule has 0 saturated heterocycles. The predicted molar refractivity (Wildman–Crippen MR) is 50.1 cm³/mol. The maximum absolute atomic E-state index is 10.3. The second kappa shape index (κ2) is 4.73. The second-order valence-electron chi connectivity index (χ2n) is 2.40. The number of hydrogen-bond acceptors (Lipinski definition) is 1. The molecular formula is C10H9ClO. The first-order chi connectivity index (χ1) is 5.79. The van der Waals surface area contributed by atoms with Crippen molar-refractivity contribution in [3.05, 3.63) is 48.0 Å². The molecular weight excluding hydrogens is 172 g/mol. The van der Waals surface area contributed by atoms with Gasteiger partial charge in [0.05, 0.1) is 0 Å². The Balaban J connectivity index is 2.49. The van der Waals surface area contributed by atoms with Crippen LogP contribution in [0.5, 0.6) is 0 Å². The van der Waals surface area contributed by atoms with Gasteiger partial charge in [0.15, 0.2) is 0 Å². The molecule has 2 heteroatoms. The van der Waals surface area contributed by atoms with Crippen LogP contribution in [0.25, 0.3) is 0 Å². The third-order valence-corrected chi connectivity index (χ3v) is 1.57. The molecule has 0 unspecified atom stereocenters. The molecule has 0 atom stereocenters. The average Bonchev–Trinajstić information content (AvgIpc) is 2.05. The van der Waals surface area contributed by atoms with Gasteiger partial charge in [0.2, 0.25) is 5.24 Å². The Labute approximate surface area is 76.7 Å². The van der Waals surface area contributed by atoms with E-state index >= 15 is 0 Å². The summed E-state index contributed by atoms with van der Waals surface area (Å²) in [7, 11) is 0. The summed E-state index contributed by atoms with van der Waals surface area (Å²) in [6.07, 6.45) is 3.87. The van der Waals surface area contributed by atoms with Crippen LogP contribution in [0, 0.1) is 0 Å². The van der Waals surface area contributed by atoms with Gasteiger partial charge < -0.3 is 0 Å². The Morgan fingerprint density at radius 1 is 1.33 bits per heavy atom. The van der Waals surface area contributed by atoms with Gasteiger partial charge in [-0.15, -0.1) is 0 Å². The van der Waals surface area contributed by atoms with Crippen LogP contribution in [0.3, 0.4) is 0 Å². The van der Waals surface area contributed by atoms with Gasteiger partial charge in [0.25, 0.3) is 0 Å². The number of benzene rings is 1. The predicted octanol–water partition coefficient (Wildman–Crippen LogP) is 2.55. The Morgan fingerprint density at radius 2 is 2.00 bits per heavy atom. The number of hydrogen-bond donors (Lipinski definition) is 0. The summed E-state index contributed by atoms with van der Waals surface area (Å²) in [6, 6.07) is 9.89. The summed E-state index contributed by atoms with van der Waals surface area (Å²) in [5.74, 6) is 0. The van der Waals surface area contributed by atoms with Crippen molar-refractivity contribution >= 4 is 16.8 Å². The lowest BCUT2D eigenvalue weighted by atomic mass is 10.1. The Hall–Kier alpha value is -1.08. The molecule has 0 radical (unpaired) electrons. The lowest BCUT2D eigenvalue weighted by Crippen LogP contribution is -1.80. The Bertz CT molecular complexity index is 277. The van der Waals surface area contributed by atoms with E-state index in [1.807, 2.05) is 30.3 Å². The summed E-state index contributed by atoms with van der Waals surface area (Å²) < 4.78 is 0. The van der Waals surface area contributed by atoms with Crippen LogP contribution in [-0.4, -0.2) is 5.24 Å². The van der Waals surface area contributed by atoms with E-state index in [4.69, 9.17) is 11.6 Å². The molecule has 0 heterocycles. The van der Waals surface area contributed by atoms with E-state index in [9.17, 15) is 4.79 Å². The maximum Gasteiger partial charge on any atom is 0.244 e. The molecule has 0 spiro atoms. The van der Waals surface area contributed by atoms with Crippen LogP contribution in [0.2, 0.25) is 0 Å². The van der Waals surface area contributed by atoms with E-state index in [1.54, 1.807) is 6.08 Å². The van der Waals surface area contributed by atoms with Gasteiger partial charge in [0, 0.05) is 0 Å². The molecule has 0 aliphatic carbocycles. The lowest BCUT2D eigenvalue weighted by Gasteiger charge is -1.92. The Kier molecular flexibility index (Phi) is 3.55. The van der Waals surface area contributed by atoms with Crippen LogP contribution in [0.1, 0.15) is 5.56 Å². The van der Waals surface area contributed by atoms with E-state index < -0.39 is 5.24 Å². The third-order valence-electron chi connectivity index (χ3n) is 1.45. The standard InChI is InChI=1S/C10H9ClO/c11-10(12)8-4-7-9-5-2-1-3-6-9/h1-6,8H,7H2. The minimum atomic E-state index is -0.425. The summed E-state index contributed by atoms with van der Waals surface area (Å²) in [5.41, 5.74) is 1.17. The molecule has 0 fully saturated rings. The number of carbonyl (C=O) groups is 1. The SMILES string of the molecule is O=C(Cl)C=CCc1ccccc1. The van der Waals surface area contributed by atoms with Gasteiger partial charge in [0.1, 0.15) is 0 Å². The smallest absolute Gasteiger partial charge is 0.244 e. The minimum Gasteiger partial charge on any atom is -0.276 e. The topological polar surface area (TPSA) is 17.1 Å². The van der Waals surface area contributed by atoms with E-state index in [0.29, 0.717) is 0 Å². The van der Waals surface area contributed by atoms with E-state index in [-0.39, 0.29) is 0 Å². The molecule has 1 rings (SSSR count). The normalized spacial score (nSPS) is 10.4. The van der Waals surface area contributed by atoms with Gasteiger partial charge in [-0.2, -0.15) is 0 Å². The molecule has 1 aromatic rings. The van der Waals surface area contributed by atoms with Crippen molar-refractivity contribution in [2.24, 2.45) is 0 Å². The van der Waals surface area contributed by atoms with Crippen molar-refractivity contribution in [1.82, 2.24) is 0 Å². The number of allylic oxidation sites excluding steroid dienone is 2. The molecule has 0 N–H and O–H groups in total. The van der Waals surface area contributed by atoms with Crippen LogP contribution in [0.15, 0.2) is 42.5 Å². The van der Waals surface area contributed by atoms with Crippen LogP contribution < -0.4 is 0 Å². The van der Waals surface area contributed by atoms with Gasteiger partial charge >= 0.3 is 0 Å². The largest absolute Gasteiger partial charge is 0.276 e. The fourth-order valence-corrected chi connectivity index (χ4v) is 0.991. The highest BCUT2D eigenvalue weighted by Crippen LogP contribution is 2.00. The first-order valence-electron chi connectivity index (χ1n) is 3.69. The molecule has 1 aromatic carbocycles. The van der Waals surface area contributed by atoms with E-state index in [1.165, 1.54) is 11.6 Å². The number of halogens is 1. The summed E-state index contributed by atoms with van der Waals surface area (Å²) in [4.78, 5) is 10.3. The van der Waals surface area contributed by atoms with Crippen LogP contribution in [-0.2, 0) is 11.2 Å². The van der Waals surface area contributed by atoms with Gasteiger partial charge in [-0.25, -0.2) is 0 Å². The highest BCUT2D eigenvalue weighted by molar-refractivity contribution is 6.66. The quantitative estimate of drug-likeness (QED) is 0.516. The van der Waals surface area contributed by atoms with E-state index in [2.05, 4.69) is 0 Å².